The minimum absolute atomic E-state index is 0.0437. The van der Waals surface area contributed by atoms with Gasteiger partial charge in [-0.05, 0) is 103 Å². The number of imide groups is 1. The highest BCUT2D eigenvalue weighted by atomic mass is 16.6. The summed E-state index contributed by atoms with van der Waals surface area (Å²) in [4.78, 5) is 45.6. The van der Waals surface area contributed by atoms with Crippen LogP contribution in [0.1, 0.15) is 60.5 Å². The first kappa shape index (κ1) is 28.0. The molecule has 9 heteroatoms. The van der Waals surface area contributed by atoms with Gasteiger partial charge in [0.2, 0.25) is 5.91 Å². The van der Waals surface area contributed by atoms with Crippen LogP contribution >= 0.6 is 0 Å². The second-order valence-corrected chi connectivity index (χ2v) is 11.1. The van der Waals surface area contributed by atoms with Gasteiger partial charge in [-0.25, -0.2) is 14.6 Å². The van der Waals surface area contributed by atoms with Gasteiger partial charge in [0.25, 0.3) is 0 Å². The Morgan fingerprint density at radius 2 is 1.54 bits per heavy atom. The van der Waals surface area contributed by atoms with E-state index in [2.05, 4.69) is 4.98 Å². The van der Waals surface area contributed by atoms with Gasteiger partial charge in [-0.1, -0.05) is 0 Å². The molecule has 0 spiro atoms. The number of pyridine rings is 1. The molecule has 0 aliphatic carbocycles. The summed E-state index contributed by atoms with van der Waals surface area (Å²) in [6.07, 6.45) is 0.980. The maximum absolute atomic E-state index is 12.9. The van der Waals surface area contributed by atoms with E-state index in [1.54, 1.807) is 65.7 Å². The average Bonchev–Trinajstić information content (AvgIpc) is 2.78. The summed E-state index contributed by atoms with van der Waals surface area (Å²) in [5.74, 6) is 0.776. The summed E-state index contributed by atoms with van der Waals surface area (Å²) in [6.45, 7) is 12.3. The SMILES string of the molecule is COc1ccc(N2C(=O)[C@H](CCc3ccnc(N(C(=O)OC(C)(C)C)C(=O)OC(C)(C)C)c3)[C@H]2C)cc1. The van der Waals surface area contributed by atoms with Crippen LogP contribution in [-0.2, 0) is 20.7 Å². The maximum Gasteiger partial charge on any atom is 0.425 e. The number of anilines is 2. The highest BCUT2D eigenvalue weighted by molar-refractivity contribution is 6.08. The Balaban J connectivity index is 1.73. The molecule has 2 heterocycles. The monoisotopic (exact) mass is 511 g/mol. The van der Waals surface area contributed by atoms with Crippen LogP contribution in [0.4, 0.5) is 21.1 Å². The molecule has 0 unspecified atom stereocenters. The molecule has 37 heavy (non-hydrogen) atoms. The molecule has 1 aliphatic heterocycles. The van der Waals surface area contributed by atoms with E-state index in [0.29, 0.717) is 12.8 Å². The summed E-state index contributed by atoms with van der Waals surface area (Å²) >= 11 is 0. The van der Waals surface area contributed by atoms with Gasteiger partial charge >= 0.3 is 12.2 Å². The number of hydrogen-bond donors (Lipinski definition) is 0. The van der Waals surface area contributed by atoms with Crippen LogP contribution in [0, 0.1) is 5.92 Å². The van der Waals surface area contributed by atoms with E-state index in [1.165, 1.54) is 6.20 Å². The van der Waals surface area contributed by atoms with Gasteiger partial charge in [0.1, 0.15) is 22.8 Å². The van der Waals surface area contributed by atoms with Crippen molar-refractivity contribution in [2.75, 3.05) is 16.9 Å². The third-order valence-electron chi connectivity index (χ3n) is 5.83. The molecule has 1 aromatic heterocycles. The van der Waals surface area contributed by atoms with E-state index in [4.69, 9.17) is 14.2 Å². The molecule has 0 saturated carbocycles. The predicted molar refractivity (Wildman–Crippen MR) is 141 cm³/mol. The minimum Gasteiger partial charge on any atom is -0.497 e. The number of ether oxygens (including phenoxy) is 3. The van der Waals surface area contributed by atoms with Gasteiger partial charge in [0, 0.05) is 17.9 Å². The van der Waals surface area contributed by atoms with Crippen molar-refractivity contribution in [2.24, 2.45) is 5.92 Å². The lowest BCUT2D eigenvalue weighted by Crippen LogP contribution is -2.60. The lowest BCUT2D eigenvalue weighted by atomic mass is 9.83. The molecule has 3 amide bonds. The summed E-state index contributed by atoms with van der Waals surface area (Å²) in [7, 11) is 1.60. The highest BCUT2D eigenvalue weighted by Crippen LogP contribution is 2.36. The second kappa shape index (κ2) is 10.8. The molecular formula is C28H37N3O6. The zero-order valence-corrected chi connectivity index (χ0v) is 22.9. The van der Waals surface area contributed by atoms with Crippen LogP contribution in [0.15, 0.2) is 42.6 Å². The number of methoxy groups -OCH3 is 1. The highest BCUT2D eigenvalue weighted by Gasteiger charge is 2.44. The van der Waals surface area contributed by atoms with E-state index >= 15 is 0 Å². The fourth-order valence-electron chi connectivity index (χ4n) is 4.09. The summed E-state index contributed by atoms with van der Waals surface area (Å²) in [5.41, 5.74) is 0.0489. The third kappa shape index (κ3) is 6.99. The number of carbonyl (C=O) groups excluding carboxylic acids is 3. The van der Waals surface area contributed by atoms with Crippen molar-refractivity contribution in [1.29, 1.82) is 0 Å². The number of benzene rings is 1. The Bertz CT molecular complexity index is 1110. The van der Waals surface area contributed by atoms with E-state index in [0.717, 1.165) is 21.9 Å². The number of rotatable bonds is 6. The van der Waals surface area contributed by atoms with Gasteiger partial charge in [-0.3, -0.25) is 4.79 Å². The molecular weight excluding hydrogens is 474 g/mol. The number of aromatic nitrogens is 1. The molecule has 0 N–H and O–H groups in total. The molecule has 1 aliphatic rings. The first-order chi connectivity index (χ1) is 17.2. The lowest BCUT2D eigenvalue weighted by molar-refractivity contribution is -0.130. The normalized spacial score (nSPS) is 17.6. The lowest BCUT2D eigenvalue weighted by Gasteiger charge is -2.45. The topological polar surface area (TPSA) is 98.3 Å². The first-order valence-electron chi connectivity index (χ1n) is 12.4. The first-order valence-corrected chi connectivity index (χ1v) is 12.4. The zero-order chi connectivity index (χ0) is 27.5. The summed E-state index contributed by atoms with van der Waals surface area (Å²) in [6, 6.07) is 10.9. The van der Waals surface area contributed by atoms with Crippen molar-refractivity contribution >= 4 is 29.6 Å². The molecule has 9 nitrogen and oxygen atoms in total. The molecule has 0 bridgehead atoms. The number of nitrogens with zero attached hydrogens (tertiary/aromatic N) is 3. The smallest absolute Gasteiger partial charge is 0.425 e. The minimum atomic E-state index is -0.871. The molecule has 1 fully saturated rings. The van der Waals surface area contributed by atoms with Gasteiger partial charge in [-0.2, -0.15) is 4.90 Å². The predicted octanol–water partition coefficient (Wildman–Crippen LogP) is 5.75. The molecule has 1 saturated heterocycles. The van der Waals surface area contributed by atoms with Crippen molar-refractivity contribution < 1.29 is 28.6 Å². The van der Waals surface area contributed by atoms with Crippen LogP contribution in [0.25, 0.3) is 0 Å². The van der Waals surface area contributed by atoms with E-state index < -0.39 is 23.4 Å². The van der Waals surface area contributed by atoms with Crippen LogP contribution in [-0.4, -0.2) is 47.4 Å². The number of amides is 3. The second-order valence-electron chi connectivity index (χ2n) is 11.1. The van der Waals surface area contributed by atoms with Crippen molar-refractivity contribution in [3.8, 4) is 5.75 Å². The quantitative estimate of drug-likeness (QED) is 0.455. The van der Waals surface area contributed by atoms with Crippen LogP contribution in [0.3, 0.4) is 0 Å². The summed E-state index contributed by atoms with van der Waals surface area (Å²) in [5, 5.41) is 0. The molecule has 2 aromatic rings. The molecule has 200 valence electrons. The van der Waals surface area contributed by atoms with Gasteiger partial charge in [-0.15, -0.1) is 0 Å². The molecule has 2 atom stereocenters. The average molecular weight is 512 g/mol. The maximum atomic E-state index is 12.9. The number of β-lactam (4-membered cyclic amide) rings is 1. The van der Waals surface area contributed by atoms with Crippen LogP contribution in [0.5, 0.6) is 5.75 Å². The van der Waals surface area contributed by atoms with E-state index in [9.17, 15) is 14.4 Å². The third-order valence-corrected chi connectivity index (χ3v) is 5.83. The zero-order valence-electron chi connectivity index (χ0n) is 22.9. The molecule has 1 aromatic carbocycles. The van der Waals surface area contributed by atoms with E-state index in [1.807, 2.05) is 31.2 Å². The van der Waals surface area contributed by atoms with Gasteiger partial charge in [0.15, 0.2) is 0 Å². The van der Waals surface area contributed by atoms with Crippen LogP contribution in [0.2, 0.25) is 0 Å². The number of carbonyl (C=O) groups is 3. The number of aryl methyl sites for hydroxylation is 1. The van der Waals surface area contributed by atoms with Crippen molar-refractivity contribution in [1.82, 2.24) is 4.98 Å². The van der Waals surface area contributed by atoms with Gasteiger partial charge in [0.05, 0.1) is 13.0 Å². The Morgan fingerprint density at radius 1 is 0.973 bits per heavy atom. The number of hydrogen-bond acceptors (Lipinski definition) is 7. The molecule has 3 rings (SSSR count). The standard InChI is InChI=1S/C28H37N3O6/c1-18-22(24(32)30(18)20-10-12-21(35-8)13-11-20)14-9-19-15-16-29-23(17-19)31(25(33)36-27(2,3)4)26(34)37-28(5,6)7/h10-13,15-18,22H,9,14H2,1-8H3/t18-,22-/m1/s1. The van der Waals surface area contributed by atoms with Crippen molar-refractivity contribution in [3.63, 3.8) is 0 Å². The fourth-order valence-corrected chi connectivity index (χ4v) is 4.09. The largest absolute Gasteiger partial charge is 0.497 e. The summed E-state index contributed by atoms with van der Waals surface area (Å²) < 4.78 is 16.1. The van der Waals surface area contributed by atoms with Crippen molar-refractivity contribution in [2.45, 2.75) is 78.6 Å². The Kier molecular flexibility index (Phi) is 8.15. The van der Waals surface area contributed by atoms with Gasteiger partial charge < -0.3 is 19.1 Å². The van der Waals surface area contributed by atoms with Crippen LogP contribution < -0.4 is 14.5 Å². The Labute approximate surface area is 218 Å². The molecule has 0 radical (unpaired) electrons. The Morgan fingerprint density at radius 3 is 2.03 bits per heavy atom. The fraction of sp³-hybridized carbons (Fsp3) is 0.500. The van der Waals surface area contributed by atoms with E-state index in [-0.39, 0.29) is 23.7 Å². The Hall–Kier alpha value is -3.62. The van der Waals surface area contributed by atoms with Crippen molar-refractivity contribution in [3.05, 3.63) is 48.2 Å².